The van der Waals surface area contributed by atoms with E-state index in [9.17, 15) is 4.79 Å². The lowest BCUT2D eigenvalue weighted by Gasteiger charge is -2.32. The molecule has 1 saturated carbocycles. The predicted octanol–water partition coefficient (Wildman–Crippen LogP) is 1.64. The Bertz CT molecular complexity index is 468. The summed E-state index contributed by atoms with van der Waals surface area (Å²) in [7, 11) is 0. The molecule has 4 atom stereocenters. The number of hydrogen-bond acceptors (Lipinski definition) is 3. The van der Waals surface area contributed by atoms with Crippen molar-refractivity contribution in [1.29, 1.82) is 0 Å². The van der Waals surface area contributed by atoms with Crippen LogP contribution >= 0.6 is 11.8 Å². The molecule has 4 heteroatoms. The Balaban J connectivity index is 1.80. The fraction of sp³-hybridized carbons (Fsp3) is 0.500. The second kappa shape index (κ2) is 2.80. The van der Waals surface area contributed by atoms with Gasteiger partial charge in [0.2, 0.25) is 5.91 Å². The van der Waals surface area contributed by atoms with Gasteiger partial charge in [-0.25, -0.2) is 0 Å². The highest BCUT2D eigenvalue weighted by Crippen LogP contribution is 2.49. The van der Waals surface area contributed by atoms with E-state index in [2.05, 4.69) is 18.7 Å². The number of hydrogen-bond donors (Lipinski definition) is 0. The summed E-state index contributed by atoms with van der Waals surface area (Å²) >= 11 is 1.57. The van der Waals surface area contributed by atoms with Crippen LogP contribution in [-0.4, -0.2) is 28.6 Å². The molecular formula is C12H12N2OS. The van der Waals surface area contributed by atoms with Crippen molar-refractivity contribution in [3.63, 3.8) is 0 Å². The summed E-state index contributed by atoms with van der Waals surface area (Å²) in [6.07, 6.45) is 5.58. The fourth-order valence-electron chi connectivity index (χ4n) is 3.34. The van der Waals surface area contributed by atoms with Gasteiger partial charge in [-0.15, -0.1) is 0 Å². The number of carbonyl (C=O) groups is 1. The fourth-order valence-corrected chi connectivity index (χ4v) is 4.23. The summed E-state index contributed by atoms with van der Waals surface area (Å²) in [5.74, 6) is 1.33. The molecule has 2 fully saturated rings. The van der Waals surface area contributed by atoms with E-state index < -0.39 is 0 Å². The van der Waals surface area contributed by atoms with E-state index in [1.165, 1.54) is 0 Å². The van der Waals surface area contributed by atoms with Gasteiger partial charge in [0, 0.05) is 10.8 Å². The Morgan fingerprint density at radius 2 is 2.25 bits per heavy atom. The van der Waals surface area contributed by atoms with E-state index in [0.29, 0.717) is 18.4 Å². The summed E-state index contributed by atoms with van der Waals surface area (Å²) in [5.41, 5.74) is 0. The summed E-state index contributed by atoms with van der Waals surface area (Å²) in [4.78, 5) is 20.0. The lowest BCUT2D eigenvalue weighted by molar-refractivity contribution is -0.132. The minimum Gasteiger partial charge on any atom is -0.286 e. The van der Waals surface area contributed by atoms with Crippen LogP contribution in [0.4, 0.5) is 0 Å². The van der Waals surface area contributed by atoms with Crippen LogP contribution in [0.15, 0.2) is 28.6 Å². The van der Waals surface area contributed by atoms with Gasteiger partial charge in [-0.2, -0.15) is 0 Å². The first-order valence-corrected chi connectivity index (χ1v) is 6.49. The van der Waals surface area contributed by atoms with Crippen LogP contribution < -0.4 is 0 Å². The first kappa shape index (κ1) is 9.05. The first-order chi connectivity index (χ1) is 7.74. The molecule has 0 aromatic heterocycles. The number of rotatable bonds is 0. The van der Waals surface area contributed by atoms with Crippen LogP contribution in [0.1, 0.15) is 6.42 Å². The molecule has 0 spiro atoms. The van der Waals surface area contributed by atoms with Crippen LogP contribution in [-0.2, 0) is 4.79 Å². The zero-order valence-electron chi connectivity index (χ0n) is 8.80. The van der Waals surface area contributed by atoms with Gasteiger partial charge in [-0.05, 0) is 12.3 Å². The van der Waals surface area contributed by atoms with Gasteiger partial charge in [0.25, 0.3) is 0 Å². The van der Waals surface area contributed by atoms with Crippen molar-refractivity contribution in [3.8, 4) is 0 Å². The molecule has 2 heterocycles. The topological polar surface area (TPSA) is 32.7 Å². The quantitative estimate of drug-likeness (QED) is 0.595. The normalized spacial score (nSPS) is 43.8. The second-order valence-electron chi connectivity index (χ2n) is 4.94. The Morgan fingerprint density at radius 3 is 3.12 bits per heavy atom. The molecule has 82 valence electrons. The Labute approximate surface area is 98.3 Å². The average molecular weight is 232 g/mol. The van der Waals surface area contributed by atoms with E-state index in [-0.39, 0.29) is 17.9 Å². The van der Waals surface area contributed by atoms with Crippen molar-refractivity contribution in [3.05, 3.63) is 23.6 Å². The molecule has 3 nitrogen and oxygen atoms in total. The maximum absolute atomic E-state index is 12.4. The highest BCUT2D eigenvalue weighted by Gasteiger charge is 2.53. The van der Waals surface area contributed by atoms with Crippen molar-refractivity contribution in [2.45, 2.75) is 12.5 Å². The minimum atomic E-state index is 0.116. The number of allylic oxidation sites excluding steroid dienone is 1. The van der Waals surface area contributed by atoms with Gasteiger partial charge < -0.3 is 0 Å². The number of fused-ring (bicyclic) bond motifs is 6. The molecule has 0 unspecified atom stereocenters. The third-order valence-corrected chi connectivity index (χ3v) is 4.96. The molecule has 1 saturated heterocycles. The highest BCUT2D eigenvalue weighted by molar-refractivity contribution is 8.17. The standard InChI is InChI=1S/C12H12N2OS/c1-6-5-14-11(15)9-7-2-3-8(4-7)10(9)13-12(14)16-6/h2-3,7-10H,1,4-5H2/t7-,8+,9-,10+/m0/s1. The smallest absolute Gasteiger partial charge is 0.234 e. The number of amidine groups is 1. The Hall–Kier alpha value is -1.03. The van der Waals surface area contributed by atoms with Crippen molar-refractivity contribution in [1.82, 2.24) is 4.90 Å². The van der Waals surface area contributed by atoms with Crippen LogP contribution in [0.2, 0.25) is 0 Å². The molecule has 0 radical (unpaired) electrons. The minimum absolute atomic E-state index is 0.116. The third kappa shape index (κ3) is 0.961. The van der Waals surface area contributed by atoms with E-state index in [0.717, 1.165) is 16.5 Å². The largest absolute Gasteiger partial charge is 0.286 e. The monoisotopic (exact) mass is 232 g/mol. The maximum atomic E-state index is 12.4. The highest BCUT2D eigenvalue weighted by atomic mass is 32.2. The van der Waals surface area contributed by atoms with Crippen molar-refractivity contribution in [2.75, 3.05) is 6.54 Å². The summed E-state index contributed by atoms with van der Waals surface area (Å²) in [5, 5.41) is 0.886. The number of carbonyl (C=O) groups excluding carboxylic acids is 1. The number of amides is 1. The van der Waals surface area contributed by atoms with E-state index in [1.807, 2.05) is 4.90 Å². The zero-order valence-corrected chi connectivity index (χ0v) is 9.61. The van der Waals surface area contributed by atoms with Gasteiger partial charge >= 0.3 is 0 Å². The van der Waals surface area contributed by atoms with Gasteiger partial charge in [-0.1, -0.05) is 30.5 Å². The van der Waals surface area contributed by atoms with Crippen LogP contribution in [0, 0.1) is 17.8 Å². The number of nitrogens with zero attached hydrogens (tertiary/aromatic N) is 2. The molecule has 1 amide bonds. The van der Waals surface area contributed by atoms with Crippen LogP contribution in [0.3, 0.4) is 0 Å². The van der Waals surface area contributed by atoms with Gasteiger partial charge in [0.05, 0.1) is 18.5 Å². The molecule has 2 bridgehead atoms. The SMILES string of the molecule is C=C1CN2C(=O)[C@@H]3[C@H](N=C2S1)[C@@H]1C=C[C@H]3C1. The number of aliphatic imine (C=N–C) groups is 1. The number of thioether (sulfide) groups is 1. The Kier molecular flexibility index (Phi) is 1.58. The summed E-state index contributed by atoms with van der Waals surface area (Å²) in [6, 6.07) is 0.215. The lowest BCUT2D eigenvalue weighted by atomic mass is 9.87. The van der Waals surface area contributed by atoms with Gasteiger partial charge in [0.15, 0.2) is 5.17 Å². The van der Waals surface area contributed by atoms with Crippen molar-refractivity contribution < 1.29 is 4.79 Å². The van der Waals surface area contributed by atoms with E-state index >= 15 is 0 Å². The van der Waals surface area contributed by atoms with Crippen molar-refractivity contribution >= 4 is 22.8 Å². The maximum Gasteiger partial charge on any atom is 0.234 e. The molecule has 0 N–H and O–H groups in total. The lowest BCUT2D eigenvalue weighted by Crippen LogP contribution is -2.47. The molecular weight excluding hydrogens is 220 g/mol. The van der Waals surface area contributed by atoms with Crippen LogP contribution in [0.25, 0.3) is 0 Å². The zero-order chi connectivity index (χ0) is 10.9. The van der Waals surface area contributed by atoms with Gasteiger partial charge in [-0.3, -0.25) is 14.7 Å². The molecule has 0 aromatic carbocycles. The molecule has 4 rings (SSSR count). The molecule has 2 aliphatic heterocycles. The van der Waals surface area contributed by atoms with Crippen LogP contribution in [0.5, 0.6) is 0 Å². The summed E-state index contributed by atoms with van der Waals surface area (Å²) < 4.78 is 0. The van der Waals surface area contributed by atoms with Crippen molar-refractivity contribution in [2.24, 2.45) is 22.7 Å². The van der Waals surface area contributed by atoms with Gasteiger partial charge in [0.1, 0.15) is 0 Å². The molecule has 2 aliphatic carbocycles. The molecule has 16 heavy (non-hydrogen) atoms. The molecule has 0 aromatic rings. The van der Waals surface area contributed by atoms with E-state index in [1.54, 1.807) is 11.8 Å². The molecule has 4 aliphatic rings. The average Bonchev–Trinajstić information content (AvgIpc) is 2.90. The first-order valence-electron chi connectivity index (χ1n) is 5.67. The Morgan fingerprint density at radius 1 is 1.44 bits per heavy atom. The van der Waals surface area contributed by atoms with E-state index in [4.69, 9.17) is 4.99 Å². The summed E-state index contributed by atoms with van der Waals surface area (Å²) in [6.45, 7) is 4.59. The predicted molar refractivity (Wildman–Crippen MR) is 63.9 cm³/mol. The third-order valence-electron chi connectivity index (χ3n) is 4.03. The second-order valence-corrected chi connectivity index (χ2v) is 6.09.